The number of sulfonamides is 1. The number of ether oxygens (including phenoxy) is 1. The van der Waals surface area contributed by atoms with Crippen molar-refractivity contribution in [2.24, 2.45) is 0 Å². The molecule has 7 heteroatoms. The van der Waals surface area contributed by atoms with E-state index < -0.39 is 10.0 Å². The highest BCUT2D eigenvalue weighted by molar-refractivity contribution is 7.89. The molecule has 0 fully saturated rings. The summed E-state index contributed by atoms with van der Waals surface area (Å²) in [5.74, 6) is 0.236. The van der Waals surface area contributed by atoms with Crippen LogP contribution in [0.15, 0.2) is 59.5 Å². The topological polar surface area (TPSA) is 75.7 Å². The predicted molar refractivity (Wildman–Crippen MR) is 105 cm³/mol. The monoisotopic (exact) mass is 390 g/mol. The van der Waals surface area contributed by atoms with Crippen LogP contribution in [0.3, 0.4) is 0 Å². The summed E-state index contributed by atoms with van der Waals surface area (Å²) in [6.45, 7) is 1.84. The van der Waals surface area contributed by atoms with E-state index in [0.717, 1.165) is 17.1 Å². The standard InChI is InChI=1S/C20H26N2O4S/c1-16(9-10-17-7-5-4-6-8-17)21-20(23)15-26-18-11-13-19(14-12-18)27(24,25)22(2)3/h4-8,11-14,16H,9-10,15H2,1-3H3,(H,21,23)/t16-/m1/s1. The van der Waals surface area contributed by atoms with Gasteiger partial charge < -0.3 is 10.1 Å². The third-order valence-corrected chi connectivity index (χ3v) is 5.92. The van der Waals surface area contributed by atoms with Gasteiger partial charge in [-0.25, -0.2) is 12.7 Å². The molecule has 0 unspecified atom stereocenters. The molecule has 0 radical (unpaired) electrons. The second-order valence-electron chi connectivity index (χ2n) is 6.54. The van der Waals surface area contributed by atoms with Crippen LogP contribution >= 0.6 is 0 Å². The van der Waals surface area contributed by atoms with Crippen LogP contribution in [0.4, 0.5) is 0 Å². The lowest BCUT2D eigenvalue weighted by Crippen LogP contribution is -2.36. The van der Waals surface area contributed by atoms with Gasteiger partial charge in [-0.3, -0.25) is 4.79 Å². The maximum Gasteiger partial charge on any atom is 0.258 e. The molecule has 0 heterocycles. The first-order valence-electron chi connectivity index (χ1n) is 8.77. The first-order chi connectivity index (χ1) is 12.8. The van der Waals surface area contributed by atoms with Crippen LogP contribution in [0.25, 0.3) is 0 Å². The number of hydrogen-bond donors (Lipinski definition) is 1. The third kappa shape index (κ3) is 6.37. The molecule has 0 aliphatic heterocycles. The Balaban J connectivity index is 1.78. The molecule has 0 aromatic heterocycles. The Morgan fingerprint density at radius 3 is 2.30 bits per heavy atom. The van der Waals surface area contributed by atoms with Crippen LogP contribution in [0, 0.1) is 0 Å². The van der Waals surface area contributed by atoms with Gasteiger partial charge in [-0.2, -0.15) is 0 Å². The van der Waals surface area contributed by atoms with Crippen molar-refractivity contribution < 1.29 is 17.9 Å². The molecule has 6 nitrogen and oxygen atoms in total. The van der Waals surface area contributed by atoms with Gasteiger partial charge in [0.25, 0.3) is 5.91 Å². The molecule has 0 aliphatic carbocycles. The first kappa shape index (κ1) is 20.9. The first-order valence-corrected chi connectivity index (χ1v) is 10.2. The van der Waals surface area contributed by atoms with E-state index in [1.54, 1.807) is 12.1 Å². The Hall–Kier alpha value is -2.38. The molecule has 27 heavy (non-hydrogen) atoms. The van der Waals surface area contributed by atoms with E-state index in [-0.39, 0.29) is 23.5 Å². The van der Waals surface area contributed by atoms with Crippen LogP contribution in [-0.2, 0) is 21.2 Å². The molecule has 2 aromatic carbocycles. The number of hydrogen-bond acceptors (Lipinski definition) is 4. The molecule has 1 N–H and O–H groups in total. The number of rotatable bonds is 9. The average Bonchev–Trinajstić information content (AvgIpc) is 2.66. The molecule has 0 aliphatic rings. The summed E-state index contributed by atoms with van der Waals surface area (Å²) in [5.41, 5.74) is 1.24. The predicted octanol–water partition coefficient (Wildman–Crippen LogP) is 2.45. The molecule has 0 bridgehead atoms. The highest BCUT2D eigenvalue weighted by Crippen LogP contribution is 2.18. The highest BCUT2D eigenvalue weighted by Gasteiger charge is 2.17. The van der Waals surface area contributed by atoms with E-state index >= 15 is 0 Å². The number of carbonyl (C=O) groups excluding carboxylic acids is 1. The Morgan fingerprint density at radius 2 is 1.70 bits per heavy atom. The van der Waals surface area contributed by atoms with Crippen molar-refractivity contribution in [1.29, 1.82) is 0 Å². The normalized spacial score (nSPS) is 12.6. The van der Waals surface area contributed by atoms with E-state index in [1.165, 1.54) is 31.8 Å². The summed E-state index contributed by atoms with van der Waals surface area (Å²) >= 11 is 0. The van der Waals surface area contributed by atoms with Crippen LogP contribution in [0.1, 0.15) is 18.9 Å². The average molecular weight is 391 g/mol. The van der Waals surface area contributed by atoms with Gasteiger partial charge in [-0.1, -0.05) is 30.3 Å². The summed E-state index contributed by atoms with van der Waals surface area (Å²) in [4.78, 5) is 12.2. The Morgan fingerprint density at radius 1 is 1.07 bits per heavy atom. The summed E-state index contributed by atoms with van der Waals surface area (Å²) in [6, 6.07) is 16.2. The summed E-state index contributed by atoms with van der Waals surface area (Å²) in [6.07, 6.45) is 1.73. The molecule has 2 aromatic rings. The molecule has 1 amide bonds. The molecule has 146 valence electrons. The fourth-order valence-electron chi connectivity index (χ4n) is 2.48. The molecule has 0 saturated heterocycles. The van der Waals surface area contributed by atoms with Gasteiger partial charge in [0.05, 0.1) is 4.90 Å². The Labute approximate surface area is 161 Å². The zero-order chi connectivity index (χ0) is 19.9. The lowest BCUT2D eigenvalue weighted by Gasteiger charge is -2.15. The van der Waals surface area contributed by atoms with Gasteiger partial charge in [0.15, 0.2) is 6.61 Å². The second-order valence-corrected chi connectivity index (χ2v) is 8.69. The van der Waals surface area contributed by atoms with Gasteiger partial charge >= 0.3 is 0 Å². The van der Waals surface area contributed by atoms with Crippen molar-refractivity contribution in [1.82, 2.24) is 9.62 Å². The number of benzene rings is 2. The lowest BCUT2D eigenvalue weighted by molar-refractivity contribution is -0.123. The van der Waals surface area contributed by atoms with Crippen molar-refractivity contribution in [3.05, 3.63) is 60.2 Å². The van der Waals surface area contributed by atoms with Crippen molar-refractivity contribution >= 4 is 15.9 Å². The molecule has 0 saturated carbocycles. The van der Waals surface area contributed by atoms with Crippen molar-refractivity contribution in [3.63, 3.8) is 0 Å². The number of aryl methyl sites for hydroxylation is 1. The maximum absolute atomic E-state index is 12.0. The maximum atomic E-state index is 12.0. The summed E-state index contributed by atoms with van der Waals surface area (Å²) < 4.78 is 30.6. The summed E-state index contributed by atoms with van der Waals surface area (Å²) in [5, 5.41) is 2.90. The molecule has 2 rings (SSSR count). The van der Waals surface area contributed by atoms with E-state index in [9.17, 15) is 13.2 Å². The van der Waals surface area contributed by atoms with Crippen LogP contribution < -0.4 is 10.1 Å². The van der Waals surface area contributed by atoms with Crippen molar-refractivity contribution in [2.75, 3.05) is 20.7 Å². The van der Waals surface area contributed by atoms with Crippen LogP contribution in [0.5, 0.6) is 5.75 Å². The molecule has 0 spiro atoms. The number of carbonyl (C=O) groups is 1. The largest absolute Gasteiger partial charge is 0.484 e. The number of nitrogens with one attached hydrogen (secondary N) is 1. The fourth-order valence-corrected chi connectivity index (χ4v) is 3.39. The minimum atomic E-state index is -3.47. The smallest absolute Gasteiger partial charge is 0.258 e. The third-order valence-electron chi connectivity index (χ3n) is 4.09. The summed E-state index contributed by atoms with van der Waals surface area (Å²) in [7, 11) is -0.521. The SMILES string of the molecule is C[C@H](CCc1ccccc1)NC(=O)COc1ccc(S(=O)(=O)N(C)C)cc1. The second kappa shape index (κ2) is 9.53. The van der Waals surface area contributed by atoms with Gasteiger partial charge in [0, 0.05) is 20.1 Å². The van der Waals surface area contributed by atoms with Crippen LogP contribution in [-0.4, -0.2) is 45.4 Å². The minimum absolute atomic E-state index is 0.0360. The molecule has 1 atom stereocenters. The van der Waals surface area contributed by atoms with Crippen molar-refractivity contribution in [2.45, 2.75) is 30.7 Å². The van der Waals surface area contributed by atoms with E-state index in [4.69, 9.17) is 4.74 Å². The van der Waals surface area contributed by atoms with Crippen molar-refractivity contribution in [3.8, 4) is 5.75 Å². The fraction of sp³-hybridized carbons (Fsp3) is 0.350. The Bertz CT molecular complexity index is 834. The van der Waals surface area contributed by atoms with Gasteiger partial charge in [0.1, 0.15) is 5.75 Å². The Kier molecular flexibility index (Phi) is 7.38. The molecular formula is C20H26N2O4S. The number of nitrogens with zero attached hydrogens (tertiary/aromatic N) is 1. The van der Waals surface area contributed by atoms with E-state index in [1.807, 2.05) is 25.1 Å². The minimum Gasteiger partial charge on any atom is -0.484 e. The zero-order valence-corrected chi connectivity index (χ0v) is 16.7. The van der Waals surface area contributed by atoms with Crippen LogP contribution in [0.2, 0.25) is 0 Å². The van der Waals surface area contributed by atoms with Gasteiger partial charge in [-0.05, 0) is 49.6 Å². The highest BCUT2D eigenvalue weighted by atomic mass is 32.2. The zero-order valence-electron chi connectivity index (χ0n) is 15.9. The van der Waals surface area contributed by atoms with E-state index in [2.05, 4.69) is 17.4 Å². The van der Waals surface area contributed by atoms with Gasteiger partial charge in [-0.15, -0.1) is 0 Å². The van der Waals surface area contributed by atoms with Gasteiger partial charge in [0.2, 0.25) is 10.0 Å². The van der Waals surface area contributed by atoms with E-state index in [0.29, 0.717) is 5.75 Å². The molecular weight excluding hydrogens is 364 g/mol. The number of amides is 1. The lowest BCUT2D eigenvalue weighted by atomic mass is 10.1. The quantitative estimate of drug-likeness (QED) is 0.714.